The molecule has 3 rings (SSSR count). The first-order chi connectivity index (χ1) is 11.6. The number of likely N-dealkylation sites (tertiary alicyclic amines) is 1. The first-order valence-corrected chi connectivity index (χ1v) is 9.01. The zero-order valence-corrected chi connectivity index (χ0v) is 14.5. The Bertz CT molecular complexity index is 668. The molecule has 1 aromatic heterocycles. The highest BCUT2D eigenvalue weighted by Crippen LogP contribution is 2.24. The molecular formula is C17H22N4O2S. The predicted molar refractivity (Wildman–Crippen MR) is 94.1 cm³/mol. The average molecular weight is 346 g/mol. The molecule has 0 radical (unpaired) electrons. The fraction of sp³-hybridized carbons (Fsp3) is 0.471. The summed E-state index contributed by atoms with van der Waals surface area (Å²) < 4.78 is 0. The summed E-state index contributed by atoms with van der Waals surface area (Å²) in [6.07, 6.45) is 1.94. The van der Waals surface area contributed by atoms with Gasteiger partial charge in [0.2, 0.25) is 5.13 Å². The number of amides is 2. The van der Waals surface area contributed by atoms with E-state index in [9.17, 15) is 9.90 Å². The smallest absolute Gasteiger partial charge is 0.323 e. The number of aryl methyl sites for hydroxylation is 1. The Morgan fingerprint density at radius 1 is 1.33 bits per heavy atom. The van der Waals surface area contributed by atoms with Crippen molar-refractivity contribution >= 4 is 22.5 Å². The largest absolute Gasteiger partial charge is 0.392 e. The van der Waals surface area contributed by atoms with E-state index >= 15 is 0 Å². The SMILES string of the molecule is Cc1nnc(NC(=O)N2CCC([C@@H](O)Cc3ccccc3)CC2)s1. The number of carbonyl (C=O) groups is 1. The topological polar surface area (TPSA) is 78.4 Å². The highest BCUT2D eigenvalue weighted by atomic mass is 32.1. The summed E-state index contributed by atoms with van der Waals surface area (Å²) in [6, 6.07) is 9.90. The molecule has 7 heteroatoms. The lowest BCUT2D eigenvalue weighted by atomic mass is 9.88. The molecule has 1 aliphatic heterocycles. The second-order valence-electron chi connectivity index (χ2n) is 6.14. The highest BCUT2D eigenvalue weighted by molar-refractivity contribution is 7.15. The summed E-state index contributed by atoms with van der Waals surface area (Å²) in [7, 11) is 0. The van der Waals surface area contributed by atoms with Gasteiger partial charge in [0.15, 0.2) is 0 Å². The number of rotatable bonds is 4. The molecule has 1 aromatic carbocycles. The lowest BCUT2D eigenvalue weighted by molar-refractivity contribution is 0.0689. The number of nitrogens with zero attached hydrogens (tertiary/aromatic N) is 3. The first kappa shape index (κ1) is 16.9. The van der Waals surface area contributed by atoms with E-state index in [1.54, 1.807) is 4.90 Å². The number of hydrogen-bond acceptors (Lipinski definition) is 5. The average Bonchev–Trinajstić information content (AvgIpc) is 3.00. The van der Waals surface area contributed by atoms with Gasteiger partial charge in [0, 0.05) is 13.1 Å². The molecular weight excluding hydrogens is 324 g/mol. The van der Waals surface area contributed by atoms with Gasteiger partial charge in [0.1, 0.15) is 5.01 Å². The van der Waals surface area contributed by atoms with E-state index < -0.39 is 0 Å². The third kappa shape index (κ3) is 4.30. The van der Waals surface area contributed by atoms with Crippen molar-refractivity contribution in [1.82, 2.24) is 15.1 Å². The van der Waals surface area contributed by atoms with E-state index in [0.29, 0.717) is 24.6 Å². The number of urea groups is 1. The van der Waals surface area contributed by atoms with Crippen LogP contribution in [0.3, 0.4) is 0 Å². The van der Waals surface area contributed by atoms with Gasteiger partial charge in [-0.2, -0.15) is 0 Å². The molecule has 2 aromatic rings. The van der Waals surface area contributed by atoms with Crippen LogP contribution in [-0.4, -0.2) is 45.4 Å². The van der Waals surface area contributed by atoms with E-state index in [4.69, 9.17) is 0 Å². The molecule has 0 unspecified atom stereocenters. The Kier molecular flexibility index (Phi) is 5.42. The molecule has 1 aliphatic rings. The van der Waals surface area contributed by atoms with Crippen LogP contribution >= 0.6 is 11.3 Å². The van der Waals surface area contributed by atoms with Gasteiger partial charge < -0.3 is 10.0 Å². The minimum Gasteiger partial charge on any atom is -0.392 e. The van der Waals surface area contributed by atoms with Crippen LogP contribution in [-0.2, 0) is 6.42 Å². The Labute approximate surface area is 145 Å². The Balaban J connectivity index is 1.47. The maximum Gasteiger partial charge on any atom is 0.323 e. The van der Waals surface area contributed by atoms with Crippen molar-refractivity contribution in [3.05, 3.63) is 40.9 Å². The van der Waals surface area contributed by atoms with Gasteiger partial charge in [-0.25, -0.2) is 4.79 Å². The minimum atomic E-state index is -0.358. The van der Waals surface area contributed by atoms with Crippen LogP contribution in [0.25, 0.3) is 0 Å². The third-order valence-electron chi connectivity index (χ3n) is 4.40. The molecule has 0 aliphatic carbocycles. The van der Waals surface area contributed by atoms with E-state index in [1.807, 2.05) is 37.3 Å². The monoisotopic (exact) mass is 346 g/mol. The van der Waals surface area contributed by atoms with Gasteiger partial charge in [0.25, 0.3) is 0 Å². The van der Waals surface area contributed by atoms with Gasteiger partial charge in [-0.1, -0.05) is 41.7 Å². The molecule has 128 valence electrons. The summed E-state index contributed by atoms with van der Waals surface area (Å²) >= 11 is 1.37. The maximum atomic E-state index is 12.2. The van der Waals surface area contributed by atoms with Crippen LogP contribution < -0.4 is 5.32 Å². The fourth-order valence-corrected chi connectivity index (χ4v) is 3.61. The van der Waals surface area contributed by atoms with E-state index in [1.165, 1.54) is 11.3 Å². The van der Waals surface area contributed by atoms with Gasteiger partial charge in [-0.3, -0.25) is 5.32 Å². The number of hydrogen-bond donors (Lipinski definition) is 2. The number of benzene rings is 1. The molecule has 0 saturated carbocycles. The van der Waals surface area contributed by atoms with Gasteiger partial charge in [0.05, 0.1) is 6.10 Å². The highest BCUT2D eigenvalue weighted by Gasteiger charge is 2.27. The van der Waals surface area contributed by atoms with Crippen LogP contribution in [0, 0.1) is 12.8 Å². The molecule has 1 saturated heterocycles. The molecule has 2 N–H and O–H groups in total. The van der Waals surface area contributed by atoms with Crippen molar-refractivity contribution in [1.29, 1.82) is 0 Å². The zero-order chi connectivity index (χ0) is 16.9. The second-order valence-corrected chi connectivity index (χ2v) is 7.32. The predicted octanol–water partition coefficient (Wildman–Crippen LogP) is 2.69. The van der Waals surface area contributed by atoms with Gasteiger partial charge in [-0.15, -0.1) is 10.2 Å². The molecule has 0 bridgehead atoms. The van der Waals surface area contributed by atoms with Crippen LogP contribution in [0.1, 0.15) is 23.4 Å². The van der Waals surface area contributed by atoms with Crippen LogP contribution in [0.4, 0.5) is 9.93 Å². The number of carbonyl (C=O) groups excluding carboxylic acids is 1. The number of nitrogens with one attached hydrogen (secondary N) is 1. The van der Waals surface area contributed by atoms with Crippen molar-refractivity contribution in [3.63, 3.8) is 0 Å². The Hall–Kier alpha value is -1.99. The van der Waals surface area contributed by atoms with Gasteiger partial charge >= 0.3 is 6.03 Å². The van der Waals surface area contributed by atoms with Crippen LogP contribution in [0.2, 0.25) is 0 Å². The van der Waals surface area contributed by atoms with Crippen molar-refractivity contribution in [3.8, 4) is 0 Å². The van der Waals surface area contributed by atoms with Gasteiger partial charge in [-0.05, 0) is 37.7 Å². The molecule has 2 heterocycles. The molecule has 6 nitrogen and oxygen atoms in total. The van der Waals surface area contributed by atoms with E-state index in [0.717, 1.165) is 23.4 Å². The summed E-state index contributed by atoms with van der Waals surface area (Å²) in [5.74, 6) is 0.234. The number of piperidine rings is 1. The van der Waals surface area contributed by atoms with Crippen LogP contribution in [0.15, 0.2) is 30.3 Å². The zero-order valence-electron chi connectivity index (χ0n) is 13.7. The van der Waals surface area contributed by atoms with Crippen molar-refractivity contribution in [2.75, 3.05) is 18.4 Å². The van der Waals surface area contributed by atoms with Crippen molar-refractivity contribution < 1.29 is 9.90 Å². The second kappa shape index (κ2) is 7.72. The maximum absolute atomic E-state index is 12.2. The standard InChI is InChI=1S/C17H22N4O2S/c1-12-19-20-16(24-12)18-17(23)21-9-7-14(8-10-21)15(22)11-13-5-3-2-4-6-13/h2-6,14-15,22H,7-11H2,1H3,(H,18,20,23)/t15-/m0/s1. The third-order valence-corrected chi connectivity index (χ3v) is 5.15. The summed E-state index contributed by atoms with van der Waals surface area (Å²) in [4.78, 5) is 14.0. The molecule has 0 spiro atoms. The summed E-state index contributed by atoms with van der Waals surface area (Å²) in [5, 5.41) is 22.4. The lowest BCUT2D eigenvalue weighted by Gasteiger charge is -2.34. The molecule has 24 heavy (non-hydrogen) atoms. The molecule has 1 atom stereocenters. The normalized spacial score (nSPS) is 16.8. The molecule has 2 amide bonds. The number of aliphatic hydroxyl groups is 1. The summed E-state index contributed by atoms with van der Waals surface area (Å²) in [5.41, 5.74) is 1.15. The number of aromatic nitrogens is 2. The number of aliphatic hydroxyl groups excluding tert-OH is 1. The van der Waals surface area contributed by atoms with Crippen molar-refractivity contribution in [2.24, 2.45) is 5.92 Å². The van der Waals surface area contributed by atoms with E-state index in [2.05, 4.69) is 15.5 Å². The van der Waals surface area contributed by atoms with Crippen LogP contribution in [0.5, 0.6) is 0 Å². The quantitative estimate of drug-likeness (QED) is 0.892. The minimum absolute atomic E-state index is 0.137. The molecule has 1 fully saturated rings. The summed E-state index contributed by atoms with van der Waals surface area (Å²) in [6.45, 7) is 3.16. The fourth-order valence-electron chi connectivity index (χ4n) is 3.03. The number of anilines is 1. The van der Waals surface area contributed by atoms with Crippen molar-refractivity contribution in [2.45, 2.75) is 32.3 Å². The lowest BCUT2D eigenvalue weighted by Crippen LogP contribution is -2.43. The first-order valence-electron chi connectivity index (χ1n) is 8.20. The Morgan fingerprint density at radius 2 is 2.04 bits per heavy atom. The van der Waals surface area contributed by atoms with E-state index in [-0.39, 0.29) is 18.1 Å². The Morgan fingerprint density at radius 3 is 2.67 bits per heavy atom.